The molecular formula is C16H20N4O4S. The summed E-state index contributed by atoms with van der Waals surface area (Å²) in [7, 11) is 3.09. The highest BCUT2D eigenvalue weighted by Crippen LogP contribution is 2.34. The Labute approximate surface area is 149 Å². The molecule has 3 rings (SSSR count). The number of fused-ring (bicyclic) bond motifs is 1. The summed E-state index contributed by atoms with van der Waals surface area (Å²) in [6.07, 6.45) is -0.797. The van der Waals surface area contributed by atoms with Gasteiger partial charge in [-0.15, -0.1) is 11.8 Å². The van der Waals surface area contributed by atoms with Crippen LogP contribution in [0.2, 0.25) is 0 Å². The van der Waals surface area contributed by atoms with Crippen molar-refractivity contribution in [3.05, 3.63) is 35.9 Å². The molecule has 2 saturated heterocycles. The second-order valence-electron chi connectivity index (χ2n) is 6.06. The zero-order valence-corrected chi connectivity index (χ0v) is 14.7. The number of hydrogen-bond donors (Lipinski definition) is 3. The third-order valence-corrected chi connectivity index (χ3v) is 5.68. The van der Waals surface area contributed by atoms with Gasteiger partial charge in [-0.25, -0.2) is 4.79 Å². The molecule has 0 bridgehead atoms. The summed E-state index contributed by atoms with van der Waals surface area (Å²) in [6, 6.07) is 9.19. The maximum Gasteiger partial charge on any atom is 0.327 e. The monoisotopic (exact) mass is 364 g/mol. The van der Waals surface area contributed by atoms with E-state index in [1.165, 1.54) is 11.9 Å². The normalized spacial score (nSPS) is 29.5. The van der Waals surface area contributed by atoms with Crippen molar-refractivity contribution in [2.24, 2.45) is 5.92 Å². The molecule has 9 heteroatoms. The van der Waals surface area contributed by atoms with E-state index in [1.54, 1.807) is 7.05 Å². The summed E-state index contributed by atoms with van der Waals surface area (Å²) >= 11 is 1.16. The van der Waals surface area contributed by atoms with Gasteiger partial charge in [-0.1, -0.05) is 30.3 Å². The maximum atomic E-state index is 12.7. The number of rotatable bonds is 4. The summed E-state index contributed by atoms with van der Waals surface area (Å²) < 4.78 is 0. The van der Waals surface area contributed by atoms with Gasteiger partial charge in [0, 0.05) is 14.1 Å². The highest BCUT2D eigenvalue weighted by atomic mass is 32.2. The van der Waals surface area contributed by atoms with E-state index in [9.17, 15) is 14.4 Å². The first-order chi connectivity index (χ1) is 11.9. The third kappa shape index (κ3) is 3.35. The van der Waals surface area contributed by atoms with Crippen molar-refractivity contribution < 1.29 is 19.5 Å². The van der Waals surface area contributed by atoms with Gasteiger partial charge in [0.15, 0.2) is 0 Å². The second kappa shape index (κ2) is 7.03. The molecular weight excluding hydrogens is 344 g/mol. The van der Waals surface area contributed by atoms with E-state index in [0.717, 1.165) is 22.2 Å². The van der Waals surface area contributed by atoms with Gasteiger partial charge >= 0.3 is 12.0 Å². The van der Waals surface area contributed by atoms with Crippen LogP contribution in [0.5, 0.6) is 0 Å². The fourth-order valence-electron chi connectivity index (χ4n) is 3.20. The van der Waals surface area contributed by atoms with E-state index in [4.69, 9.17) is 5.11 Å². The molecule has 2 aliphatic heterocycles. The Balaban J connectivity index is 1.91. The van der Waals surface area contributed by atoms with E-state index >= 15 is 0 Å². The molecule has 2 aliphatic rings. The number of imide groups is 1. The lowest BCUT2D eigenvalue weighted by Crippen LogP contribution is -2.72. The number of nitrogens with one attached hydrogen (secondary N) is 2. The van der Waals surface area contributed by atoms with E-state index in [0.29, 0.717) is 0 Å². The summed E-state index contributed by atoms with van der Waals surface area (Å²) in [5.74, 6) is -1.96. The number of carboxylic acid groups (broad SMARTS) is 1. The number of amides is 3. The Kier molecular flexibility index (Phi) is 4.98. The number of carbonyl (C=O) groups excluding carboxylic acids is 2. The Hall–Kier alpha value is -2.10. The molecule has 134 valence electrons. The van der Waals surface area contributed by atoms with E-state index < -0.39 is 23.4 Å². The first-order valence-corrected chi connectivity index (χ1v) is 8.90. The molecule has 0 saturated carbocycles. The quantitative estimate of drug-likeness (QED) is 0.714. The summed E-state index contributed by atoms with van der Waals surface area (Å²) in [4.78, 5) is 38.5. The highest BCUT2D eigenvalue weighted by Gasteiger charge is 2.51. The molecule has 8 nitrogen and oxygen atoms in total. The lowest BCUT2D eigenvalue weighted by atomic mass is 9.96. The molecule has 1 aromatic rings. The van der Waals surface area contributed by atoms with Crippen LogP contribution in [-0.2, 0) is 9.59 Å². The Morgan fingerprint density at radius 1 is 1.20 bits per heavy atom. The van der Waals surface area contributed by atoms with E-state index in [2.05, 4.69) is 10.6 Å². The van der Waals surface area contributed by atoms with Crippen LogP contribution in [0.4, 0.5) is 4.79 Å². The molecule has 4 atom stereocenters. The molecule has 0 aromatic heterocycles. The van der Waals surface area contributed by atoms with Gasteiger partial charge in [-0.2, -0.15) is 0 Å². The summed E-state index contributed by atoms with van der Waals surface area (Å²) in [5, 5.41) is 15.2. The smallest absolute Gasteiger partial charge is 0.327 e. The predicted octanol–water partition coefficient (Wildman–Crippen LogP) is 0.488. The minimum Gasteiger partial charge on any atom is -0.481 e. The lowest BCUT2D eigenvalue weighted by Gasteiger charge is -2.50. The Morgan fingerprint density at radius 3 is 2.52 bits per heavy atom. The number of benzene rings is 1. The van der Waals surface area contributed by atoms with Crippen LogP contribution in [0.15, 0.2) is 30.3 Å². The molecule has 2 fully saturated rings. The number of nitrogens with zero attached hydrogens (tertiary/aromatic N) is 2. The fourth-order valence-corrected chi connectivity index (χ4v) is 4.22. The minimum atomic E-state index is -0.945. The molecule has 3 amide bonds. The van der Waals surface area contributed by atoms with Crippen molar-refractivity contribution >= 4 is 29.7 Å². The maximum absolute atomic E-state index is 12.7. The van der Waals surface area contributed by atoms with Gasteiger partial charge in [0.25, 0.3) is 0 Å². The second-order valence-corrected chi connectivity index (χ2v) is 7.19. The van der Waals surface area contributed by atoms with Crippen LogP contribution in [0.3, 0.4) is 0 Å². The van der Waals surface area contributed by atoms with Crippen LogP contribution < -0.4 is 10.6 Å². The zero-order chi connectivity index (χ0) is 18.1. The zero-order valence-electron chi connectivity index (χ0n) is 13.9. The predicted molar refractivity (Wildman–Crippen MR) is 92.5 cm³/mol. The average Bonchev–Trinajstić information content (AvgIpc) is 2.62. The van der Waals surface area contributed by atoms with Gasteiger partial charge < -0.3 is 10.0 Å². The molecule has 4 unspecified atom stereocenters. The molecule has 0 aliphatic carbocycles. The lowest BCUT2D eigenvalue weighted by molar-refractivity contribution is -0.140. The van der Waals surface area contributed by atoms with Gasteiger partial charge in [0.1, 0.15) is 0 Å². The Bertz CT molecular complexity index is 686. The number of carbonyl (C=O) groups is 3. The van der Waals surface area contributed by atoms with Crippen molar-refractivity contribution in [3.63, 3.8) is 0 Å². The minimum absolute atomic E-state index is 0.128. The number of thioether (sulfide) groups is 1. The van der Waals surface area contributed by atoms with Crippen LogP contribution in [0, 0.1) is 5.92 Å². The van der Waals surface area contributed by atoms with Crippen LogP contribution >= 0.6 is 11.8 Å². The molecule has 25 heavy (non-hydrogen) atoms. The third-order valence-electron chi connectivity index (χ3n) is 4.48. The van der Waals surface area contributed by atoms with Gasteiger partial charge in [-0.05, 0) is 5.56 Å². The van der Waals surface area contributed by atoms with Crippen LogP contribution in [-0.4, -0.2) is 64.2 Å². The SMILES string of the molecule is CN1C(=O)C2C(SCC(=O)O)NC(c3ccccc3)NC2N(C)C1=O. The first kappa shape index (κ1) is 17.7. The van der Waals surface area contributed by atoms with Gasteiger partial charge in [-0.3, -0.25) is 25.1 Å². The number of aliphatic carboxylic acids is 1. The largest absolute Gasteiger partial charge is 0.481 e. The van der Waals surface area contributed by atoms with Gasteiger partial charge in [0.2, 0.25) is 5.91 Å². The van der Waals surface area contributed by atoms with E-state index in [1.807, 2.05) is 30.3 Å². The molecule has 0 radical (unpaired) electrons. The highest BCUT2D eigenvalue weighted by molar-refractivity contribution is 8.00. The molecule has 1 aromatic carbocycles. The van der Waals surface area contributed by atoms with Gasteiger partial charge in [0.05, 0.1) is 29.4 Å². The first-order valence-electron chi connectivity index (χ1n) is 7.85. The molecule has 2 heterocycles. The summed E-state index contributed by atoms with van der Waals surface area (Å²) in [6.45, 7) is 0. The number of urea groups is 1. The average molecular weight is 364 g/mol. The van der Waals surface area contributed by atoms with Crippen molar-refractivity contribution in [2.45, 2.75) is 17.7 Å². The van der Waals surface area contributed by atoms with Crippen molar-refractivity contribution in [1.29, 1.82) is 0 Å². The van der Waals surface area contributed by atoms with Crippen molar-refractivity contribution in [2.75, 3.05) is 19.8 Å². The number of hydrogen-bond acceptors (Lipinski definition) is 6. The molecule has 0 spiro atoms. The van der Waals surface area contributed by atoms with Crippen molar-refractivity contribution in [1.82, 2.24) is 20.4 Å². The van der Waals surface area contributed by atoms with Crippen molar-refractivity contribution in [3.8, 4) is 0 Å². The van der Waals surface area contributed by atoms with Crippen LogP contribution in [0.1, 0.15) is 11.7 Å². The standard InChI is InChI=1S/C16H20N4O4S/c1-19-13-11(15(23)20(2)16(19)24)14(25-8-10(21)22)18-12(17-13)9-6-4-3-5-7-9/h3-7,11-14,17-18H,8H2,1-2H3,(H,21,22). The van der Waals surface area contributed by atoms with Crippen LogP contribution in [0.25, 0.3) is 0 Å². The summed E-state index contributed by atoms with van der Waals surface area (Å²) in [5.41, 5.74) is 0.953. The topological polar surface area (TPSA) is 102 Å². The number of carboxylic acids is 1. The molecule has 3 N–H and O–H groups in total. The Morgan fingerprint density at radius 2 is 1.88 bits per heavy atom. The van der Waals surface area contributed by atoms with E-state index in [-0.39, 0.29) is 23.9 Å². The fraction of sp³-hybridized carbons (Fsp3) is 0.438.